The van der Waals surface area contributed by atoms with Gasteiger partial charge in [-0.05, 0) is 109 Å². The Bertz CT molecular complexity index is 2610. The van der Waals surface area contributed by atoms with E-state index >= 15 is 0 Å². The maximum atomic E-state index is 2.55. The summed E-state index contributed by atoms with van der Waals surface area (Å²) in [4.78, 5) is 0. The Balaban J connectivity index is 1.39. The van der Waals surface area contributed by atoms with Gasteiger partial charge >= 0.3 is 0 Å². The molecule has 0 saturated heterocycles. The van der Waals surface area contributed by atoms with Crippen molar-refractivity contribution in [3.63, 3.8) is 0 Å². The Morgan fingerprint density at radius 3 is 1.70 bits per heavy atom. The highest BCUT2D eigenvalue weighted by Gasteiger charge is 2.31. The van der Waals surface area contributed by atoms with E-state index in [0.29, 0.717) is 5.92 Å². The highest BCUT2D eigenvalue weighted by atomic mass is 14.3. The molecule has 0 fully saturated rings. The van der Waals surface area contributed by atoms with E-state index in [9.17, 15) is 0 Å². The van der Waals surface area contributed by atoms with Crippen LogP contribution >= 0.6 is 0 Å². The Morgan fingerprint density at radius 2 is 0.950 bits per heavy atom. The van der Waals surface area contributed by atoms with Crippen LogP contribution in [0.3, 0.4) is 0 Å². The second-order valence-corrected chi connectivity index (χ2v) is 11.9. The van der Waals surface area contributed by atoms with E-state index in [2.05, 4.69) is 115 Å². The third-order valence-corrected chi connectivity index (χ3v) is 10.2. The average Bonchev–Trinajstić information content (AvgIpc) is 3.01. The number of hydrogen-bond donors (Lipinski definition) is 0. The van der Waals surface area contributed by atoms with Gasteiger partial charge in [-0.2, -0.15) is 0 Å². The van der Waals surface area contributed by atoms with Crippen molar-refractivity contribution < 1.29 is 0 Å². The van der Waals surface area contributed by atoms with Gasteiger partial charge in [0.25, 0.3) is 0 Å². The van der Waals surface area contributed by atoms with Crippen LogP contribution in [0.15, 0.2) is 109 Å². The SMILES string of the molecule is C1=c2c3ccc4c5cccc6cccc(c7ccc(c8ccc9c(c28)C(C1)c1cccc2cccc-9c12)c3c47)c65. The molecule has 0 aliphatic heterocycles. The molecule has 2 aliphatic carbocycles. The van der Waals surface area contributed by atoms with Crippen LogP contribution in [0.5, 0.6) is 0 Å². The molecule has 11 rings (SSSR count). The topological polar surface area (TPSA) is 0 Å². The fourth-order valence-electron chi connectivity index (χ4n) is 8.78. The molecule has 182 valence electrons. The zero-order valence-corrected chi connectivity index (χ0v) is 21.8. The normalized spacial score (nSPS) is 15.8. The molecule has 0 bridgehead atoms. The van der Waals surface area contributed by atoms with E-state index in [1.165, 1.54) is 103 Å². The minimum Gasteiger partial charge on any atom is -0.0751 e. The van der Waals surface area contributed by atoms with Crippen molar-refractivity contribution >= 4 is 81.5 Å². The molecule has 1 atom stereocenters. The number of benzene rings is 9. The highest BCUT2D eigenvalue weighted by Crippen LogP contribution is 2.52. The van der Waals surface area contributed by atoms with Crippen LogP contribution in [-0.2, 0) is 0 Å². The first-order chi connectivity index (χ1) is 19.9. The number of hydrogen-bond acceptors (Lipinski definition) is 0. The summed E-state index contributed by atoms with van der Waals surface area (Å²) in [6, 6.07) is 41.7. The molecule has 9 aromatic rings. The van der Waals surface area contributed by atoms with Gasteiger partial charge in [-0.1, -0.05) is 115 Å². The van der Waals surface area contributed by atoms with Crippen molar-refractivity contribution in [2.75, 3.05) is 0 Å². The highest BCUT2D eigenvalue weighted by molar-refractivity contribution is 6.39. The quantitative estimate of drug-likeness (QED) is 0.143. The van der Waals surface area contributed by atoms with Crippen molar-refractivity contribution in [2.24, 2.45) is 0 Å². The third-order valence-electron chi connectivity index (χ3n) is 10.2. The van der Waals surface area contributed by atoms with Gasteiger partial charge in [0.1, 0.15) is 0 Å². The minimum absolute atomic E-state index is 0.409. The largest absolute Gasteiger partial charge is 0.0751 e. The first kappa shape index (κ1) is 20.0. The molecule has 40 heavy (non-hydrogen) atoms. The van der Waals surface area contributed by atoms with Crippen molar-refractivity contribution in [1.82, 2.24) is 0 Å². The monoisotopic (exact) mass is 502 g/mol. The summed E-state index contributed by atoms with van der Waals surface area (Å²) in [7, 11) is 0. The summed E-state index contributed by atoms with van der Waals surface area (Å²) in [5.41, 5.74) is 5.85. The molecule has 0 heterocycles. The Labute approximate surface area is 230 Å². The Kier molecular flexibility index (Phi) is 3.31. The van der Waals surface area contributed by atoms with E-state index in [1.54, 1.807) is 0 Å². The third kappa shape index (κ3) is 2.10. The molecule has 0 N–H and O–H groups in total. The van der Waals surface area contributed by atoms with Crippen molar-refractivity contribution in [3.05, 3.63) is 126 Å². The zero-order chi connectivity index (χ0) is 25.7. The second kappa shape index (κ2) is 6.61. The minimum atomic E-state index is 0.409. The lowest BCUT2D eigenvalue weighted by molar-refractivity contribution is 0.859. The van der Waals surface area contributed by atoms with Gasteiger partial charge < -0.3 is 0 Å². The molecule has 0 radical (unpaired) electrons. The molecular formula is C40H22. The van der Waals surface area contributed by atoms with Gasteiger partial charge in [0.2, 0.25) is 0 Å². The summed E-state index contributed by atoms with van der Waals surface area (Å²) in [6.07, 6.45) is 3.60. The number of fused-ring (bicyclic) bond motifs is 6. The fraction of sp³-hybridized carbons (Fsp3) is 0.0500. The van der Waals surface area contributed by atoms with E-state index < -0.39 is 0 Å². The predicted molar refractivity (Wildman–Crippen MR) is 172 cm³/mol. The molecule has 9 aromatic carbocycles. The lowest BCUT2D eigenvalue weighted by atomic mass is 9.71. The van der Waals surface area contributed by atoms with Gasteiger partial charge in [0.15, 0.2) is 0 Å². The van der Waals surface area contributed by atoms with Crippen LogP contribution in [0.2, 0.25) is 0 Å². The molecule has 2 aliphatic rings. The molecule has 0 aromatic heterocycles. The van der Waals surface area contributed by atoms with Gasteiger partial charge in [0.05, 0.1) is 0 Å². The smallest absolute Gasteiger partial charge is 0.0143 e. The van der Waals surface area contributed by atoms with Crippen LogP contribution in [-0.4, -0.2) is 0 Å². The molecular weight excluding hydrogens is 480 g/mol. The van der Waals surface area contributed by atoms with Gasteiger partial charge in [-0.25, -0.2) is 0 Å². The standard InChI is InChI=1S/C40H22/c1-5-21-6-2-10-24-28-14-18-32-34-20-16-30-26-12-4-8-22-7-3-11-25(36(22)26)29-15-19-33(40(34)38(29)30)31-17-13-27(37(28)39(31)32)23(9-1)35(21)24/h1-15,17-20,30H,16H2. The van der Waals surface area contributed by atoms with Crippen LogP contribution in [0.1, 0.15) is 23.5 Å². The molecule has 0 heteroatoms. The number of rotatable bonds is 0. The lowest BCUT2D eigenvalue weighted by Gasteiger charge is -2.32. The molecule has 0 amide bonds. The summed E-state index contributed by atoms with van der Waals surface area (Å²) in [5, 5.41) is 20.9. The molecule has 1 unspecified atom stereocenters. The van der Waals surface area contributed by atoms with E-state index in [1.807, 2.05) is 0 Å². The first-order valence-corrected chi connectivity index (χ1v) is 14.4. The average molecular weight is 503 g/mol. The maximum absolute atomic E-state index is 2.55. The molecule has 0 saturated carbocycles. The summed E-state index contributed by atoms with van der Waals surface area (Å²) in [6.45, 7) is 0. The first-order valence-electron chi connectivity index (χ1n) is 14.4. The van der Waals surface area contributed by atoms with Crippen LogP contribution in [0, 0.1) is 0 Å². The van der Waals surface area contributed by atoms with E-state index in [-0.39, 0.29) is 0 Å². The molecule has 0 spiro atoms. The van der Waals surface area contributed by atoms with E-state index in [4.69, 9.17) is 0 Å². The van der Waals surface area contributed by atoms with Crippen LogP contribution < -0.4 is 5.22 Å². The second-order valence-electron chi connectivity index (χ2n) is 11.9. The fourth-order valence-corrected chi connectivity index (χ4v) is 8.78. The van der Waals surface area contributed by atoms with Gasteiger partial charge in [-0.15, -0.1) is 0 Å². The summed E-state index contributed by atoms with van der Waals surface area (Å²) >= 11 is 0. The van der Waals surface area contributed by atoms with Crippen LogP contribution in [0.25, 0.3) is 92.6 Å². The van der Waals surface area contributed by atoms with Gasteiger partial charge in [-0.3, -0.25) is 0 Å². The van der Waals surface area contributed by atoms with Crippen molar-refractivity contribution in [3.8, 4) is 11.1 Å². The Hall–Kier alpha value is -4.94. The maximum Gasteiger partial charge on any atom is 0.0143 e. The Morgan fingerprint density at radius 1 is 0.400 bits per heavy atom. The van der Waals surface area contributed by atoms with Crippen LogP contribution in [0.4, 0.5) is 0 Å². The molecule has 0 nitrogen and oxygen atoms in total. The van der Waals surface area contributed by atoms with Crippen molar-refractivity contribution in [2.45, 2.75) is 12.3 Å². The van der Waals surface area contributed by atoms with Gasteiger partial charge in [0, 0.05) is 5.92 Å². The summed E-state index contributed by atoms with van der Waals surface area (Å²) < 4.78 is 0. The summed E-state index contributed by atoms with van der Waals surface area (Å²) in [5.74, 6) is 0.409. The van der Waals surface area contributed by atoms with E-state index in [0.717, 1.165) is 6.42 Å². The lowest BCUT2D eigenvalue weighted by Crippen LogP contribution is -2.19. The van der Waals surface area contributed by atoms with Crippen molar-refractivity contribution in [1.29, 1.82) is 0 Å². The zero-order valence-electron chi connectivity index (χ0n) is 21.8. The predicted octanol–water partition coefficient (Wildman–Crippen LogP) is 10.2.